The van der Waals surface area contributed by atoms with E-state index in [0.29, 0.717) is 6.42 Å². The van der Waals surface area contributed by atoms with Crippen LogP contribution in [0.3, 0.4) is 0 Å². The topological polar surface area (TPSA) is 40.5 Å². The monoisotopic (exact) mass is 194 g/mol. The molecule has 0 saturated carbocycles. The van der Waals surface area contributed by atoms with Crippen molar-refractivity contribution in [2.75, 3.05) is 6.61 Å². The maximum absolute atomic E-state index is 10.4. The van der Waals surface area contributed by atoms with Crippen molar-refractivity contribution in [1.82, 2.24) is 0 Å². The maximum Gasteiger partial charge on any atom is 0.0941 e. The first-order valence-electron chi connectivity index (χ1n) is 5.04. The van der Waals surface area contributed by atoms with Gasteiger partial charge in [0.25, 0.3) is 0 Å². The van der Waals surface area contributed by atoms with E-state index in [-0.39, 0.29) is 12.5 Å². The minimum absolute atomic E-state index is 0.000760. The van der Waals surface area contributed by atoms with E-state index >= 15 is 0 Å². The number of hydrogen-bond acceptors (Lipinski definition) is 2. The van der Waals surface area contributed by atoms with Gasteiger partial charge in [0.15, 0.2) is 0 Å². The largest absolute Gasteiger partial charge is 0.396 e. The zero-order valence-electron chi connectivity index (χ0n) is 8.77. The SMILES string of the molecule is CC[C@@](O)(c1ccccc1)[C@H](C)CO. The molecular weight excluding hydrogens is 176 g/mol. The summed E-state index contributed by atoms with van der Waals surface area (Å²) in [5.41, 5.74) is -0.0280. The summed E-state index contributed by atoms with van der Waals surface area (Å²) in [6.45, 7) is 3.79. The molecule has 1 rings (SSSR count). The van der Waals surface area contributed by atoms with E-state index in [0.717, 1.165) is 5.56 Å². The van der Waals surface area contributed by atoms with Gasteiger partial charge in [-0.1, -0.05) is 44.2 Å². The van der Waals surface area contributed by atoms with Crippen LogP contribution in [0.4, 0.5) is 0 Å². The second kappa shape index (κ2) is 4.58. The van der Waals surface area contributed by atoms with E-state index in [4.69, 9.17) is 5.11 Å². The molecule has 0 amide bonds. The molecule has 78 valence electrons. The summed E-state index contributed by atoms with van der Waals surface area (Å²) < 4.78 is 0. The fraction of sp³-hybridized carbons (Fsp3) is 0.500. The van der Waals surface area contributed by atoms with Crippen LogP contribution in [-0.4, -0.2) is 16.8 Å². The average Bonchev–Trinajstić information content (AvgIpc) is 2.28. The highest BCUT2D eigenvalue weighted by Crippen LogP contribution is 2.32. The molecule has 0 aliphatic heterocycles. The Labute approximate surface area is 85.2 Å². The van der Waals surface area contributed by atoms with Crippen LogP contribution in [0.2, 0.25) is 0 Å². The molecule has 1 aromatic carbocycles. The molecule has 0 aliphatic carbocycles. The summed E-state index contributed by atoms with van der Waals surface area (Å²) in [4.78, 5) is 0. The quantitative estimate of drug-likeness (QED) is 0.768. The smallest absolute Gasteiger partial charge is 0.0941 e. The summed E-state index contributed by atoms with van der Waals surface area (Å²) in [5.74, 6) is -0.144. The molecule has 1 aromatic rings. The Balaban J connectivity index is 3.01. The van der Waals surface area contributed by atoms with Crippen LogP contribution in [0.15, 0.2) is 30.3 Å². The van der Waals surface area contributed by atoms with E-state index in [1.165, 1.54) is 0 Å². The van der Waals surface area contributed by atoms with E-state index in [1.807, 2.05) is 44.2 Å². The van der Waals surface area contributed by atoms with Crippen LogP contribution in [0.1, 0.15) is 25.8 Å². The molecule has 0 saturated heterocycles. The van der Waals surface area contributed by atoms with Crippen LogP contribution >= 0.6 is 0 Å². The number of rotatable bonds is 4. The molecule has 0 bridgehead atoms. The van der Waals surface area contributed by atoms with Gasteiger partial charge < -0.3 is 10.2 Å². The first-order chi connectivity index (χ1) is 6.65. The summed E-state index contributed by atoms with van der Waals surface area (Å²) in [6.07, 6.45) is 0.610. The fourth-order valence-corrected chi connectivity index (χ4v) is 1.71. The summed E-state index contributed by atoms with van der Waals surface area (Å²) >= 11 is 0. The van der Waals surface area contributed by atoms with Crippen molar-refractivity contribution in [2.24, 2.45) is 5.92 Å². The molecule has 0 aromatic heterocycles. The lowest BCUT2D eigenvalue weighted by atomic mass is 9.81. The molecule has 2 heteroatoms. The van der Waals surface area contributed by atoms with Gasteiger partial charge in [0.1, 0.15) is 0 Å². The Morgan fingerprint density at radius 2 is 1.86 bits per heavy atom. The van der Waals surface area contributed by atoms with Gasteiger partial charge in [0, 0.05) is 12.5 Å². The highest BCUT2D eigenvalue weighted by atomic mass is 16.3. The predicted octanol–water partition coefficient (Wildman–Crippen LogP) is 1.91. The van der Waals surface area contributed by atoms with Gasteiger partial charge in [-0.3, -0.25) is 0 Å². The lowest BCUT2D eigenvalue weighted by molar-refractivity contribution is -0.0409. The Kier molecular flexibility index (Phi) is 3.67. The van der Waals surface area contributed by atoms with E-state index in [2.05, 4.69) is 0 Å². The van der Waals surface area contributed by atoms with Gasteiger partial charge >= 0.3 is 0 Å². The summed E-state index contributed by atoms with van der Waals surface area (Å²) in [7, 11) is 0. The van der Waals surface area contributed by atoms with Crippen molar-refractivity contribution in [2.45, 2.75) is 25.9 Å². The number of hydrogen-bond donors (Lipinski definition) is 2. The van der Waals surface area contributed by atoms with Crippen molar-refractivity contribution in [1.29, 1.82) is 0 Å². The van der Waals surface area contributed by atoms with E-state index < -0.39 is 5.60 Å². The molecule has 0 heterocycles. The summed E-state index contributed by atoms with van der Waals surface area (Å²) in [6, 6.07) is 9.52. The number of benzene rings is 1. The zero-order valence-corrected chi connectivity index (χ0v) is 8.77. The Morgan fingerprint density at radius 1 is 1.29 bits per heavy atom. The lowest BCUT2D eigenvalue weighted by Gasteiger charge is -2.32. The van der Waals surface area contributed by atoms with Gasteiger partial charge in [0.05, 0.1) is 5.60 Å². The predicted molar refractivity (Wildman–Crippen MR) is 56.9 cm³/mol. The van der Waals surface area contributed by atoms with Crippen molar-refractivity contribution in [3.8, 4) is 0 Å². The molecule has 2 N–H and O–H groups in total. The van der Waals surface area contributed by atoms with Gasteiger partial charge in [-0.05, 0) is 12.0 Å². The average molecular weight is 194 g/mol. The molecule has 0 spiro atoms. The van der Waals surface area contributed by atoms with Crippen molar-refractivity contribution >= 4 is 0 Å². The Hall–Kier alpha value is -0.860. The zero-order chi connectivity index (χ0) is 10.6. The first kappa shape index (κ1) is 11.2. The molecule has 0 fully saturated rings. The van der Waals surface area contributed by atoms with Crippen molar-refractivity contribution in [3.05, 3.63) is 35.9 Å². The number of aliphatic hydroxyl groups excluding tert-OH is 1. The third-order valence-electron chi connectivity index (χ3n) is 2.90. The Morgan fingerprint density at radius 3 is 2.29 bits per heavy atom. The van der Waals surface area contributed by atoms with Gasteiger partial charge in [0.2, 0.25) is 0 Å². The van der Waals surface area contributed by atoms with Gasteiger partial charge in [-0.25, -0.2) is 0 Å². The van der Waals surface area contributed by atoms with Crippen LogP contribution in [0, 0.1) is 5.92 Å². The fourth-order valence-electron chi connectivity index (χ4n) is 1.71. The molecule has 0 aliphatic rings. The Bertz CT molecular complexity index is 271. The molecule has 0 radical (unpaired) electrons. The minimum atomic E-state index is -0.907. The molecule has 2 atom stereocenters. The number of aliphatic hydroxyl groups is 2. The lowest BCUT2D eigenvalue weighted by Crippen LogP contribution is -2.34. The molecular formula is C12H18O2. The van der Waals surface area contributed by atoms with Crippen LogP contribution < -0.4 is 0 Å². The highest BCUT2D eigenvalue weighted by Gasteiger charge is 2.32. The highest BCUT2D eigenvalue weighted by molar-refractivity contribution is 5.22. The second-order valence-electron chi connectivity index (χ2n) is 3.73. The van der Waals surface area contributed by atoms with Crippen LogP contribution in [0.25, 0.3) is 0 Å². The first-order valence-corrected chi connectivity index (χ1v) is 5.04. The van der Waals surface area contributed by atoms with Crippen LogP contribution in [-0.2, 0) is 5.60 Å². The van der Waals surface area contributed by atoms with Gasteiger partial charge in [-0.15, -0.1) is 0 Å². The van der Waals surface area contributed by atoms with Crippen LogP contribution in [0.5, 0.6) is 0 Å². The third kappa shape index (κ3) is 1.97. The van der Waals surface area contributed by atoms with E-state index in [9.17, 15) is 5.11 Å². The van der Waals surface area contributed by atoms with Gasteiger partial charge in [-0.2, -0.15) is 0 Å². The molecule has 0 unspecified atom stereocenters. The van der Waals surface area contributed by atoms with Crippen molar-refractivity contribution < 1.29 is 10.2 Å². The second-order valence-corrected chi connectivity index (χ2v) is 3.73. The summed E-state index contributed by atoms with van der Waals surface area (Å²) in [5, 5.41) is 19.5. The standard InChI is InChI=1S/C12H18O2/c1-3-12(14,10(2)9-13)11-7-5-4-6-8-11/h4-8,10,13-14H,3,9H2,1-2H3/t10-,12+/m1/s1. The normalized spacial score (nSPS) is 17.4. The minimum Gasteiger partial charge on any atom is -0.396 e. The molecule has 2 nitrogen and oxygen atoms in total. The third-order valence-corrected chi connectivity index (χ3v) is 2.90. The molecule has 14 heavy (non-hydrogen) atoms. The van der Waals surface area contributed by atoms with E-state index in [1.54, 1.807) is 0 Å². The maximum atomic E-state index is 10.4. The van der Waals surface area contributed by atoms with Crippen molar-refractivity contribution in [3.63, 3.8) is 0 Å².